The Kier molecular flexibility index (Phi) is 3.14. The molecule has 2 atom stereocenters. The number of aliphatic carboxylic acids is 1. The smallest absolute Gasteiger partial charge is 0.308 e. The third-order valence-corrected chi connectivity index (χ3v) is 5.17. The highest BCUT2D eigenvalue weighted by molar-refractivity contribution is 5.97. The van der Waals surface area contributed by atoms with Gasteiger partial charge in [0.05, 0.1) is 23.3 Å². The molecule has 1 aliphatic heterocycles. The molecule has 1 N–H and O–H groups in total. The van der Waals surface area contributed by atoms with Crippen LogP contribution in [-0.2, 0) is 11.8 Å². The Morgan fingerprint density at radius 3 is 2.74 bits per heavy atom. The van der Waals surface area contributed by atoms with Crippen LogP contribution >= 0.6 is 0 Å². The number of rotatable bonds is 3. The number of hydrogen-bond donors (Lipinski definition) is 1. The van der Waals surface area contributed by atoms with Gasteiger partial charge in [-0.2, -0.15) is 0 Å². The first kappa shape index (κ1) is 14.2. The molecular formula is C17H19N3O3. The average Bonchev–Trinajstić information content (AvgIpc) is 3.18. The Morgan fingerprint density at radius 1 is 1.26 bits per heavy atom. The van der Waals surface area contributed by atoms with Gasteiger partial charge in [-0.15, -0.1) is 0 Å². The molecule has 1 saturated carbocycles. The molecule has 2 aliphatic rings. The van der Waals surface area contributed by atoms with E-state index in [1.807, 2.05) is 17.7 Å². The predicted octanol–water partition coefficient (Wildman–Crippen LogP) is 1.76. The summed E-state index contributed by atoms with van der Waals surface area (Å²) in [5.74, 6) is -0.712. The number of amides is 1. The molecule has 1 aromatic heterocycles. The topological polar surface area (TPSA) is 75.4 Å². The lowest BCUT2D eigenvalue weighted by atomic mass is 9.92. The van der Waals surface area contributed by atoms with Crippen LogP contribution in [0.5, 0.6) is 0 Å². The average molecular weight is 313 g/mol. The highest BCUT2D eigenvalue weighted by atomic mass is 16.4. The summed E-state index contributed by atoms with van der Waals surface area (Å²) in [6, 6.07) is 5.48. The third-order valence-electron chi connectivity index (χ3n) is 5.17. The van der Waals surface area contributed by atoms with E-state index in [1.165, 1.54) is 0 Å². The maximum absolute atomic E-state index is 12.8. The number of nitrogens with zero attached hydrogens (tertiary/aromatic N) is 3. The summed E-state index contributed by atoms with van der Waals surface area (Å²) in [7, 11) is 1.91. The molecule has 0 radical (unpaired) electrons. The number of hydrogen-bond acceptors (Lipinski definition) is 3. The van der Waals surface area contributed by atoms with Crippen molar-refractivity contribution in [3.05, 3.63) is 30.1 Å². The summed E-state index contributed by atoms with van der Waals surface area (Å²) in [6.45, 7) is 0.871. The molecule has 1 aromatic carbocycles. The van der Waals surface area contributed by atoms with Gasteiger partial charge in [0.25, 0.3) is 5.91 Å². The number of carboxylic acid groups (broad SMARTS) is 1. The zero-order chi connectivity index (χ0) is 16.1. The van der Waals surface area contributed by atoms with Gasteiger partial charge >= 0.3 is 5.97 Å². The first-order valence-electron chi connectivity index (χ1n) is 7.98. The lowest BCUT2D eigenvalue weighted by Gasteiger charge is -2.16. The molecule has 2 heterocycles. The Labute approximate surface area is 133 Å². The van der Waals surface area contributed by atoms with Crippen LogP contribution in [0.4, 0.5) is 0 Å². The zero-order valence-corrected chi connectivity index (χ0v) is 13.0. The minimum atomic E-state index is -0.780. The SMILES string of the molecule is Cn1cnc2cc(C(=O)N3C[C@@H](C(=O)O)[C@H](C4CC4)C3)ccc21. The molecule has 1 saturated heterocycles. The molecule has 23 heavy (non-hydrogen) atoms. The second-order valence-corrected chi connectivity index (χ2v) is 6.72. The third kappa shape index (κ3) is 2.38. The van der Waals surface area contributed by atoms with E-state index < -0.39 is 11.9 Å². The van der Waals surface area contributed by atoms with Gasteiger partial charge in [0.2, 0.25) is 0 Å². The van der Waals surface area contributed by atoms with Crippen molar-refractivity contribution in [1.82, 2.24) is 14.5 Å². The number of fused-ring (bicyclic) bond motifs is 1. The molecule has 2 aromatic rings. The van der Waals surface area contributed by atoms with Crippen LogP contribution in [0.25, 0.3) is 11.0 Å². The first-order chi connectivity index (χ1) is 11.0. The summed E-state index contributed by atoms with van der Waals surface area (Å²) < 4.78 is 1.91. The van der Waals surface area contributed by atoms with Crippen molar-refractivity contribution in [1.29, 1.82) is 0 Å². The summed E-state index contributed by atoms with van der Waals surface area (Å²) >= 11 is 0. The van der Waals surface area contributed by atoms with E-state index in [0.717, 1.165) is 23.9 Å². The standard InChI is InChI=1S/C17H19N3O3/c1-19-9-18-14-6-11(4-5-15(14)19)16(21)20-7-12(10-2-3-10)13(8-20)17(22)23/h4-6,9-10,12-13H,2-3,7-8H2,1H3,(H,22,23)/t12-,13+/m0/s1. The Hall–Kier alpha value is -2.37. The van der Waals surface area contributed by atoms with Crippen molar-refractivity contribution in [2.24, 2.45) is 24.8 Å². The van der Waals surface area contributed by atoms with Crippen LogP contribution in [0.2, 0.25) is 0 Å². The predicted molar refractivity (Wildman–Crippen MR) is 84.0 cm³/mol. The lowest BCUT2D eigenvalue weighted by Crippen LogP contribution is -2.29. The number of likely N-dealkylation sites (tertiary alicyclic amines) is 1. The normalized spacial score (nSPS) is 24.3. The van der Waals surface area contributed by atoms with Crippen LogP contribution in [-0.4, -0.2) is 44.5 Å². The molecule has 0 unspecified atom stereocenters. The number of carbonyl (C=O) groups is 2. The van der Waals surface area contributed by atoms with Crippen molar-refractivity contribution >= 4 is 22.9 Å². The molecule has 1 amide bonds. The fourth-order valence-electron chi connectivity index (χ4n) is 3.71. The van der Waals surface area contributed by atoms with Crippen LogP contribution in [0.1, 0.15) is 23.2 Å². The summed E-state index contributed by atoms with van der Waals surface area (Å²) in [5.41, 5.74) is 2.34. The van der Waals surface area contributed by atoms with Crippen LogP contribution < -0.4 is 0 Å². The van der Waals surface area contributed by atoms with Gasteiger partial charge in [-0.3, -0.25) is 9.59 Å². The molecular weight excluding hydrogens is 294 g/mol. The van der Waals surface area contributed by atoms with E-state index in [1.54, 1.807) is 23.4 Å². The molecule has 4 rings (SSSR count). The van der Waals surface area contributed by atoms with Crippen molar-refractivity contribution in [3.8, 4) is 0 Å². The largest absolute Gasteiger partial charge is 0.481 e. The number of carboxylic acids is 1. The van der Waals surface area contributed by atoms with E-state index in [0.29, 0.717) is 24.6 Å². The van der Waals surface area contributed by atoms with Gasteiger partial charge in [-0.05, 0) is 42.9 Å². The van der Waals surface area contributed by atoms with Crippen LogP contribution in [0.15, 0.2) is 24.5 Å². The van der Waals surface area contributed by atoms with Gasteiger partial charge in [0.15, 0.2) is 0 Å². The van der Waals surface area contributed by atoms with Gasteiger partial charge in [-0.1, -0.05) is 0 Å². The molecule has 0 spiro atoms. The maximum Gasteiger partial charge on any atom is 0.308 e. The second-order valence-electron chi connectivity index (χ2n) is 6.72. The molecule has 120 valence electrons. The fourth-order valence-corrected chi connectivity index (χ4v) is 3.71. The van der Waals surface area contributed by atoms with E-state index in [9.17, 15) is 14.7 Å². The summed E-state index contributed by atoms with van der Waals surface area (Å²) in [5, 5.41) is 9.42. The molecule has 0 bridgehead atoms. The second kappa shape index (κ2) is 5.08. The molecule has 1 aliphatic carbocycles. The summed E-state index contributed by atoms with van der Waals surface area (Å²) in [4.78, 5) is 30.2. The van der Waals surface area contributed by atoms with Gasteiger partial charge in [-0.25, -0.2) is 4.98 Å². The quantitative estimate of drug-likeness (QED) is 0.937. The van der Waals surface area contributed by atoms with Crippen molar-refractivity contribution in [3.63, 3.8) is 0 Å². The summed E-state index contributed by atoms with van der Waals surface area (Å²) in [6.07, 6.45) is 3.91. The van der Waals surface area contributed by atoms with E-state index in [4.69, 9.17) is 0 Å². The Bertz CT molecular complexity index is 793. The number of imidazole rings is 1. The van der Waals surface area contributed by atoms with E-state index in [2.05, 4.69) is 4.98 Å². The fraction of sp³-hybridized carbons (Fsp3) is 0.471. The van der Waals surface area contributed by atoms with Gasteiger partial charge < -0.3 is 14.6 Å². The van der Waals surface area contributed by atoms with Crippen molar-refractivity contribution in [2.75, 3.05) is 13.1 Å². The lowest BCUT2D eigenvalue weighted by molar-refractivity contribution is -0.142. The molecule has 6 heteroatoms. The Balaban J connectivity index is 1.59. The van der Waals surface area contributed by atoms with E-state index >= 15 is 0 Å². The van der Waals surface area contributed by atoms with Gasteiger partial charge in [0.1, 0.15) is 0 Å². The number of benzene rings is 1. The van der Waals surface area contributed by atoms with Crippen molar-refractivity contribution in [2.45, 2.75) is 12.8 Å². The monoisotopic (exact) mass is 313 g/mol. The zero-order valence-electron chi connectivity index (χ0n) is 13.0. The van der Waals surface area contributed by atoms with Crippen LogP contribution in [0.3, 0.4) is 0 Å². The highest BCUT2D eigenvalue weighted by Crippen LogP contribution is 2.44. The number of aromatic nitrogens is 2. The molecule has 2 fully saturated rings. The molecule has 6 nitrogen and oxygen atoms in total. The minimum Gasteiger partial charge on any atom is -0.481 e. The number of carbonyl (C=O) groups excluding carboxylic acids is 1. The maximum atomic E-state index is 12.8. The van der Waals surface area contributed by atoms with E-state index in [-0.39, 0.29) is 11.8 Å². The van der Waals surface area contributed by atoms with Gasteiger partial charge in [0, 0.05) is 25.7 Å². The first-order valence-corrected chi connectivity index (χ1v) is 7.98. The highest BCUT2D eigenvalue weighted by Gasteiger charge is 2.46. The number of aryl methyl sites for hydroxylation is 1. The van der Waals surface area contributed by atoms with Crippen LogP contribution in [0, 0.1) is 17.8 Å². The van der Waals surface area contributed by atoms with Crippen molar-refractivity contribution < 1.29 is 14.7 Å². The minimum absolute atomic E-state index is 0.0908. The Morgan fingerprint density at radius 2 is 2.04 bits per heavy atom.